The summed E-state index contributed by atoms with van der Waals surface area (Å²) in [7, 11) is 0. The Kier molecular flexibility index (Phi) is 6.80. The van der Waals surface area contributed by atoms with E-state index in [1.807, 2.05) is 11.3 Å². The molecule has 0 amide bonds. The van der Waals surface area contributed by atoms with Crippen LogP contribution in [0.4, 0.5) is 17.1 Å². The van der Waals surface area contributed by atoms with Crippen molar-refractivity contribution in [2.45, 2.75) is 19.3 Å². The summed E-state index contributed by atoms with van der Waals surface area (Å²) in [5.41, 5.74) is 14.9. The molecular formula is C51H36N2S. The number of thiophene rings is 1. The molecule has 0 bridgehead atoms. The van der Waals surface area contributed by atoms with Crippen molar-refractivity contribution < 1.29 is 0 Å². The molecule has 3 heteroatoms. The third kappa shape index (κ3) is 4.65. The Bertz CT molecular complexity index is 3020. The van der Waals surface area contributed by atoms with Gasteiger partial charge in [-0.1, -0.05) is 123 Å². The zero-order valence-electron chi connectivity index (χ0n) is 30.1. The van der Waals surface area contributed by atoms with Crippen LogP contribution in [0.15, 0.2) is 182 Å². The molecule has 10 aromatic rings. The summed E-state index contributed by atoms with van der Waals surface area (Å²) in [6.45, 7) is 4.70. The fraction of sp³-hybridized carbons (Fsp3) is 0.0588. The van der Waals surface area contributed by atoms with Gasteiger partial charge in [-0.05, 0) is 106 Å². The van der Waals surface area contributed by atoms with Crippen molar-refractivity contribution in [1.29, 1.82) is 0 Å². The lowest BCUT2D eigenvalue weighted by atomic mass is 9.82. The van der Waals surface area contributed by atoms with Gasteiger partial charge in [0.05, 0.1) is 11.0 Å². The van der Waals surface area contributed by atoms with E-state index in [2.05, 4.69) is 205 Å². The molecule has 1 aliphatic rings. The van der Waals surface area contributed by atoms with Crippen LogP contribution in [0.3, 0.4) is 0 Å². The van der Waals surface area contributed by atoms with Gasteiger partial charge in [0, 0.05) is 59.1 Å². The predicted octanol–water partition coefficient (Wildman–Crippen LogP) is 14.6. The van der Waals surface area contributed by atoms with Crippen molar-refractivity contribution in [3.8, 4) is 27.9 Å². The van der Waals surface area contributed by atoms with E-state index in [0.29, 0.717) is 0 Å². The lowest BCUT2D eigenvalue weighted by Gasteiger charge is -2.28. The Labute approximate surface area is 318 Å². The Morgan fingerprint density at radius 1 is 0.426 bits per heavy atom. The molecule has 0 atom stereocenters. The minimum absolute atomic E-state index is 0.0635. The van der Waals surface area contributed by atoms with Crippen molar-refractivity contribution in [1.82, 2.24) is 4.57 Å². The highest BCUT2D eigenvalue weighted by molar-refractivity contribution is 7.25. The normalized spacial score (nSPS) is 13.1. The van der Waals surface area contributed by atoms with Crippen LogP contribution < -0.4 is 4.90 Å². The van der Waals surface area contributed by atoms with E-state index < -0.39 is 0 Å². The van der Waals surface area contributed by atoms with Gasteiger partial charge < -0.3 is 9.47 Å². The predicted molar refractivity (Wildman–Crippen MR) is 231 cm³/mol. The first-order valence-corrected chi connectivity index (χ1v) is 19.5. The quantitative estimate of drug-likeness (QED) is 0.173. The molecule has 0 aliphatic heterocycles. The Morgan fingerprint density at radius 3 is 1.83 bits per heavy atom. The number of anilines is 3. The van der Waals surface area contributed by atoms with Gasteiger partial charge in [-0.25, -0.2) is 0 Å². The second-order valence-corrected chi connectivity index (χ2v) is 16.1. The highest BCUT2D eigenvalue weighted by Crippen LogP contribution is 2.50. The first-order chi connectivity index (χ1) is 26.5. The monoisotopic (exact) mass is 708 g/mol. The van der Waals surface area contributed by atoms with Crippen molar-refractivity contribution in [2.75, 3.05) is 4.90 Å². The Hall–Kier alpha value is -6.42. The van der Waals surface area contributed by atoms with E-state index in [-0.39, 0.29) is 5.41 Å². The molecule has 0 fully saturated rings. The highest BCUT2D eigenvalue weighted by atomic mass is 32.1. The van der Waals surface area contributed by atoms with E-state index in [4.69, 9.17) is 0 Å². The van der Waals surface area contributed by atoms with Crippen molar-refractivity contribution in [3.05, 3.63) is 193 Å². The van der Waals surface area contributed by atoms with Crippen molar-refractivity contribution in [2.24, 2.45) is 0 Å². The maximum absolute atomic E-state index is 2.41. The third-order valence-electron chi connectivity index (χ3n) is 11.6. The summed E-state index contributed by atoms with van der Waals surface area (Å²) in [6.07, 6.45) is 0. The highest BCUT2D eigenvalue weighted by Gasteiger charge is 2.35. The van der Waals surface area contributed by atoms with Gasteiger partial charge in [-0.2, -0.15) is 0 Å². The van der Waals surface area contributed by atoms with Gasteiger partial charge in [-0.15, -0.1) is 11.3 Å². The zero-order chi connectivity index (χ0) is 36.0. The molecule has 0 spiro atoms. The summed E-state index contributed by atoms with van der Waals surface area (Å²) in [5, 5.41) is 5.17. The molecule has 0 saturated heterocycles. The summed E-state index contributed by atoms with van der Waals surface area (Å²) < 4.78 is 5.02. The fourth-order valence-corrected chi connectivity index (χ4v) is 10.1. The molecular weight excluding hydrogens is 673 g/mol. The summed E-state index contributed by atoms with van der Waals surface area (Å²) in [5.74, 6) is 0. The van der Waals surface area contributed by atoms with E-state index in [9.17, 15) is 0 Å². The largest absolute Gasteiger partial charge is 0.310 e. The minimum Gasteiger partial charge on any atom is -0.310 e. The molecule has 54 heavy (non-hydrogen) atoms. The SMILES string of the molecule is CC1(C)c2ccccc2-c2ccc(N(c3ccccc3)c3ccc(-c4ccc5c(c4)sc4ccc(-n6c7ccccc7c7ccccc76)cc45)cc3)cc21. The van der Waals surface area contributed by atoms with Gasteiger partial charge in [0.1, 0.15) is 0 Å². The Morgan fingerprint density at radius 2 is 1.06 bits per heavy atom. The van der Waals surface area contributed by atoms with Gasteiger partial charge in [0.15, 0.2) is 0 Å². The molecule has 0 saturated carbocycles. The van der Waals surface area contributed by atoms with E-state index >= 15 is 0 Å². The second-order valence-electron chi connectivity index (χ2n) is 15.0. The number of rotatable bonds is 5. The van der Waals surface area contributed by atoms with Gasteiger partial charge in [0.2, 0.25) is 0 Å². The molecule has 11 rings (SSSR count). The number of aromatic nitrogens is 1. The summed E-state index contributed by atoms with van der Waals surface area (Å²) >= 11 is 1.87. The molecule has 0 radical (unpaired) electrons. The van der Waals surface area contributed by atoms with Crippen LogP contribution in [0.5, 0.6) is 0 Å². The number of benzene rings is 8. The Balaban J connectivity index is 0.962. The molecule has 8 aromatic carbocycles. The van der Waals surface area contributed by atoms with Crippen LogP contribution in [-0.4, -0.2) is 4.57 Å². The van der Waals surface area contributed by atoms with E-state index in [1.54, 1.807) is 0 Å². The van der Waals surface area contributed by atoms with Crippen LogP contribution in [0.2, 0.25) is 0 Å². The van der Waals surface area contributed by atoms with E-state index in [1.165, 1.54) is 86.7 Å². The first-order valence-electron chi connectivity index (χ1n) is 18.7. The lowest BCUT2D eigenvalue weighted by Crippen LogP contribution is -2.16. The molecule has 2 nitrogen and oxygen atoms in total. The van der Waals surface area contributed by atoms with Gasteiger partial charge in [0.25, 0.3) is 0 Å². The van der Waals surface area contributed by atoms with Crippen LogP contribution in [-0.2, 0) is 5.41 Å². The average molecular weight is 709 g/mol. The minimum atomic E-state index is -0.0635. The van der Waals surface area contributed by atoms with E-state index in [0.717, 1.165) is 11.4 Å². The van der Waals surface area contributed by atoms with Gasteiger partial charge in [-0.3, -0.25) is 0 Å². The smallest absolute Gasteiger partial charge is 0.0541 e. The third-order valence-corrected chi connectivity index (χ3v) is 12.7. The first kappa shape index (κ1) is 31.1. The topological polar surface area (TPSA) is 8.17 Å². The summed E-state index contributed by atoms with van der Waals surface area (Å²) in [6, 6.07) is 67.0. The standard InChI is InChI=1S/C51H36N2S/c1-51(2)45-17-9-6-14-39(45)40-28-25-38(32-46(40)51)52(35-12-4-3-5-13-35)36-23-20-33(21-24-36)34-22-27-43-44-31-37(26-29-49(44)54-50(43)30-34)53-47-18-10-7-15-41(47)42-16-8-11-19-48(42)53/h3-32H,1-2H3. The average Bonchev–Trinajstić information content (AvgIpc) is 3.83. The van der Waals surface area contributed by atoms with Crippen LogP contribution in [0, 0.1) is 0 Å². The maximum Gasteiger partial charge on any atom is 0.0541 e. The maximum atomic E-state index is 2.41. The number of para-hydroxylation sites is 3. The molecule has 0 N–H and O–H groups in total. The van der Waals surface area contributed by atoms with Crippen LogP contribution in [0.1, 0.15) is 25.0 Å². The molecule has 1 aliphatic carbocycles. The molecule has 256 valence electrons. The second kappa shape index (κ2) is 11.8. The number of hydrogen-bond acceptors (Lipinski definition) is 2. The van der Waals surface area contributed by atoms with Gasteiger partial charge >= 0.3 is 0 Å². The number of fused-ring (bicyclic) bond motifs is 9. The van der Waals surface area contributed by atoms with Crippen LogP contribution >= 0.6 is 11.3 Å². The molecule has 0 unspecified atom stereocenters. The van der Waals surface area contributed by atoms with Crippen molar-refractivity contribution >= 4 is 70.4 Å². The number of hydrogen-bond donors (Lipinski definition) is 0. The summed E-state index contributed by atoms with van der Waals surface area (Å²) in [4.78, 5) is 2.38. The number of nitrogens with zero attached hydrogens (tertiary/aromatic N) is 2. The van der Waals surface area contributed by atoms with Crippen LogP contribution in [0.25, 0.3) is 69.9 Å². The molecule has 2 aromatic heterocycles. The zero-order valence-corrected chi connectivity index (χ0v) is 30.9. The molecule has 2 heterocycles. The fourth-order valence-electron chi connectivity index (χ4n) is 8.94. The lowest BCUT2D eigenvalue weighted by molar-refractivity contribution is 0.660. The van der Waals surface area contributed by atoms with Crippen molar-refractivity contribution in [3.63, 3.8) is 0 Å².